The summed E-state index contributed by atoms with van der Waals surface area (Å²) in [4.78, 5) is 4.33. The molecule has 6 heteroatoms. The molecule has 0 spiro atoms. The van der Waals surface area contributed by atoms with Crippen molar-refractivity contribution in [2.24, 2.45) is 4.99 Å². The molecule has 1 aliphatic heterocycles. The largest absolute Gasteiger partial charge is 0.488 e. The van der Waals surface area contributed by atoms with Crippen LogP contribution >= 0.6 is 0 Å². The Hall–Kier alpha value is -3.17. The van der Waals surface area contributed by atoms with Gasteiger partial charge >= 0.3 is 0 Å². The number of aryl methyl sites for hydroxylation is 1. The fraction of sp³-hybridized carbons (Fsp3) is 0.400. The summed E-state index contributed by atoms with van der Waals surface area (Å²) in [5, 5.41) is 6.74. The molecule has 0 aliphatic carbocycles. The van der Waals surface area contributed by atoms with Crippen molar-refractivity contribution in [1.82, 2.24) is 10.6 Å². The number of benzene rings is 2. The lowest BCUT2D eigenvalue weighted by Crippen LogP contribution is -2.38. The number of guanidine groups is 1. The molecule has 31 heavy (non-hydrogen) atoms. The summed E-state index contributed by atoms with van der Waals surface area (Å²) in [6, 6.07) is 14.3. The molecule has 2 aromatic rings. The third-order valence-electron chi connectivity index (χ3n) is 5.03. The van der Waals surface area contributed by atoms with E-state index in [0.29, 0.717) is 13.2 Å². The monoisotopic (exact) mass is 421 g/mol. The smallest absolute Gasteiger partial charge is 0.191 e. The van der Waals surface area contributed by atoms with Crippen LogP contribution in [0.1, 0.15) is 23.1 Å². The zero-order valence-electron chi connectivity index (χ0n) is 18.3. The second-order valence-corrected chi connectivity index (χ2v) is 7.45. The Morgan fingerprint density at radius 3 is 2.77 bits per heavy atom. The Kier molecular flexibility index (Phi) is 8.62. The number of hydrogen-bond acceptors (Lipinski definition) is 4. The molecule has 1 fully saturated rings. The summed E-state index contributed by atoms with van der Waals surface area (Å²) in [7, 11) is 1.77. The predicted octanol–water partition coefficient (Wildman–Crippen LogP) is 3.08. The van der Waals surface area contributed by atoms with Crippen LogP contribution in [0.3, 0.4) is 0 Å². The second-order valence-electron chi connectivity index (χ2n) is 7.45. The first-order valence-electron chi connectivity index (χ1n) is 10.6. The number of aliphatic imine (C=N–C) groups is 1. The van der Waals surface area contributed by atoms with E-state index in [1.165, 1.54) is 11.1 Å². The van der Waals surface area contributed by atoms with Crippen LogP contribution < -0.4 is 20.1 Å². The summed E-state index contributed by atoms with van der Waals surface area (Å²) < 4.78 is 17.0. The first-order chi connectivity index (χ1) is 15.2. The van der Waals surface area contributed by atoms with E-state index in [1.54, 1.807) is 7.05 Å². The average molecular weight is 422 g/mol. The van der Waals surface area contributed by atoms with Gasteiger partial charge in [-0.15, -0.1) is 6.42 Å². The van der Waals surface area contributed by atoms with Crippen LogP contribution in [0.15, 0.2) is 47.5 Å². The molecular formula is C25H31N3O3. The fourth-order valence-corrected chi connectivity index (χ4v) is 3.31. The average Bonchev–Trinajstić information content (AvgIpc) is 3.29. The van der Waals surface area contributed by atoms with E-state index in [-0.39, 0.29) is 12.7 Å². The van der Waals surface area contributed by atoms with Crippen LogP contribution in [0.25, 0.3) is 0 Å². The molecule has 0 aromatic heterocycles. The highest BCUT2D eigenvalue weighted by Gasteiger charge is 2.18. The van der Waals surface area contributed by atoms with Crippen molar-refractivity contribution in [2.45, 2.75) is 32.4 Å². The quantitative estimate of drug-likeness (QED) is 0.370. The van der Waals surface area contributed by atoms with E-state index in [9.17, 15) is 0 Å². The number of terminal acetylenes is 1. The molecule has 0 saturated carbocycles. The maximum absolute atomic E-state index is 6.18. The Balaban J connectivity index is 1.47. The molecular weight excluding hydrogens is 390 g/mol. The molecule has 1 unspecified atom stereocenters. The number of nitrogens with zero attached hydrogens (tertiary/aromatic N) is 1. The summed E-state index contributed by atoms with van der Waals surface area (Å²) in [6.45, 7) is 5.17. The minimum atomic E-state index is 0.126. The van der Waals surface area contributed by atoms with Crippen molar-refractivity contribution in [2.75, 3.05) is 33.4 Å². The van der Waals surface area contributed by atoms with Crippen molar-refractivity contribution >= 4 is 5.96 Å². The molecule has 2 aromatic carbocycles. The highest BCUT2D eigenvalue weighted by Crippen LogP contribution is 2.23. The molecule has 0 bridgehead atoms. The van der Waals surface area contributed by atoms with Gasteiger partial charge in [0.2, 0.25) is 0 Å². The van der Waals surface area contributed by atoms with Crippen molar-refractivity contribution in [3.8, 4) is 23.8 Å². The first kappa shape index (κ1) is 22.5. The van der Waals surface area contributed by atoms with Crippen molar-refractivity contribution in [1.29, 1.82) is 0 Å². The Labute approximate surface area is 185 Å². The van der Waals surface area contributed by atoms with Crippen LogP contribution in [0.2, 0.25) is 0 Å². The summed E-state index contributed by atoms with van der Waals surface area (Å²) >= 11 is 0. The van der Waals surface area contributed by atoms with Gasteiger partial charge in [0.25, 0.3) is 0 Å². The molecule has 1 atom stereocenters. The Morgan fingerprint density at radius 2 is 2.06 bits per heavy atom. The van der Waals surface area contributed by atoms with Gasteiger partial charge in [0, 0.05) is 32.1 Å². The standard InChI is InChI=1S/C25H31N3O3/c1-4-14-30-22-9-6-20(7-10-22)11-13-27-25(26-3)28-17-21-8-5-19(2)16-24(21)31-23-12-15-29-18-23/h1,5-10,16,23H,11-15,17-18H2,2-3H3,(H2,26,27,28). The van der Waals surface area contributed by atoms with Crippen LogP contribution in [0, 0.1) is 19.3 Å². The maximum atomic E-state index is 6.18. The van der Waals surface area contributed by atoms with Gasteiger partial charge in [-0.3, -0.25) is 4.99 Å². The van der Waals surface area contributed by atoms with Crippen LogP contribution in [0.4, 0.5) is 0 Å². The van der Waals surface area contributed by atoms with E-state index in [1.807, 2.05) is 24.3 Å². The van der Waals surface area contributed by atoms with Crippen LogP contribution in [-0.4, -0.2) is 45.5 Å². The van der Waals surface area contributed by atoms with E-state index in [4.69, 9.17) is 20.6 Å². The minimum absolute atomic E-state index is 0.126. The SMILES string of the molecule is C#CCOc1ccc(CCNC(=NC)NCc2ccc(C)cc2OC2CCOC2)cc1. The molecule has 0 radical (unpaired) electrons. The highest BCUT2D eigenvalue weighted by molar-refractivity contribution is 5.79. The lowest BCUT2D eigenvalue weighted by atomic mass is 10.1. The molecule has 164 valence electrons. The summed E-state index contributed by atoms with van der Waals surface area (Å²) in [5.41, 5.74) is 3.49. The van der Waals surface area contributed by atoms with Gasteiger partial charge in [-0.1, -0.05) is 30.2 Å². The third kappa shape index (κ3) is 7.23. The zero-order chi connectivity index (χ0) is 21.9. The van der Waals surface area contributed by atoms with Gasteiger partial charge < -0.3 is 24.8 Å². The van der Waals surface area contributed by atoms with E-state index >= 15 is 0 Å². The number of hydrogen-bond donors (Lipinski definition) is 2. The minimum Gasteiger partial charge on any atom is -0.488 e. The van der Waals surface area contributed by atoms with E-state index in [0.717, 1.165) is 49.0 Å². The molecule has 1 heterocycles. The van der Waals surface area contributed by atoms with Crippen molar-refractivity contribution < 1.29 is 14.2 Å². The van der Waals surface area contributed by atoms with Crippen molar-refractivity contribution in [3.63, 3.8) is 0 Å². The summed E-state index contributed by atoms with van der Waals surface area (Å²) in [6.07, 6.45) is 7.14. The van der Waals surface area contributed by atoms with Gasteiger partial charge in [0.05, 0.1) is 13.2 Å². The normalized spacial score (nSPS) is 15.9. The Bertz CT molecular complexity index is 897. The summed E-state index contributed by atoms with van der Waals surface area (Å²) in [5.74, 6) is 4.91. The predicted molar refractivity (Wildman–Crippen MR) is 124 cm³/mol. The maximum Gasteiger partial charge on any atom is 0.191 e. The topological polar surface area (TPSA) is 64.1 Å². The first-order valence-corrected chi connectivity index (χ1v) is 10.6. The van der Waals surface area contributed by atoms with Crippen molar-refractivity contribution in [3.05, 3.63) is 59.2 Å². The zero-order valence-corrected chi connectivity index (χ0v) is 18.3. The Morgan fingerprint density at radius 1 is 1.23 bits per heavy atom. The second kappa shape index (κ2) is 11.9. The van der Waals surface area contributed by atoms with Gasteiger partial charge in [0.15, 0.2) is 5.96 Å². The lowest BCUT2D eigenvalue weighted by Gasteiger charge is -2.18. The third-order valence-corrected chi connectivity index (χ3v) is 5.03. The molecule has 0 amide bonds. The molecule has 2 N–H and O–H groups in total. The number of rotatable bonds is 9. The fourth-order valence-electron chi connectivity index (χ4n) is 3.31. The van der Waals surface area contributed by atoms with Gasteiger partial charge in [-0.2, -0.15) is 0 Å². The van der Waals surface area contributed by atoms with Crippen LogP contribution in [0.5, 0.6) is 11.5 Å². The highest BCUT2D eigenvalue weighted by atomic mass is 16.5. The number of ether oxygens (including phenoxy) is 3. The van der Waals surface area contributed by atoms with Gasteiger partial charge in [0.1, 0.15) is 24.2 Å². The van der Waals surface area contributed by atoms with Crippen LogP contribution in [-0.2, 0) is 17.7 Å². The molecule has 3 rings (SSSR count). The van der Waals surface area contributed by atoms with Gasteiger partial charge in [-0.05, 0) is 42.7 Å². The van der Waals surface area contributed by atoms with E-state index < -0.39 is 0 Å². The molecule has 6 nitrogen and oxygen atoms in total. The lowest BCUT2D eigenvalue weighted by molar-refractivity contribution is 0.140. The molecule has 1 saturated heterocycles. The van der Waals surface area contributed by atoms with Gasteiger partial charge in [-0.25, -0.2) is 0 Å². The number of nitrogens with one attached hydrogen (secondary N) is 2. The van der Waals surface area contributed by atoms with E-state index in [2.05, 4.69) is 46.7 Å². The molecule has 1 aliphatic rings.